The monoisotopic (exact) mass is 251 g/mol. The fourth-order valence-corrected chi connectivity index (χ4v) is 2.04. The van der Waals surface area contributed by atoms with Crippen LogP contribution in [0, 0.1) is 6.92 Å². The van der Waals surface area contributed by atoms with Gasteiger partial charge in [-0.3, -0.25) is 14.5 Å². The van der Waals surface area contributed by atoms with E-state index < -0.39 is 0 Å². The SMILES string of the molecule is CC(=O)N(CC(=O)N1CCCC1)c1cc(C)on1. The largest absolute Gasteiger partial charge is 0.360 e. The molecule has 1 aromatic rings. The van der Waals surface area contributed by atoms with Gasteiger partial charge in [0.15, 0.2) is 5.82 Å². The molecule has 0 N–H and O–H groups in total. The number of likely N-dealkylation sites (tertiary alicyclic amines) is 1. The van der Waals surface area contributed by atoms with E-state index in [-0.39, 0.29) is 18.4 Å². The second kappa shape index (κ2) is 5.20. The highest BCUT2D eigenvalue weighted by Gasteiger charge is 2.24. The summed E-state index contributed by atoms with van der Waals surface area (Å²) < 4.78 is 4.93. The molecule has 0 atom stereocenters. The maximum Gasteiger partial charge on any atom is 0.242 e. The van der Waals surface area contributed by atoms with Crippen molar-refractivity contribution in [3.63, 3.8) is 0 Å². The highest BCUT2D eigenvalue weighted by atomic mass is 16.5. The van der Waals surface area contributed by atoms with Crippen molar-refractivity contribution in [2.24, 2.45) is 0 Å². The van der Waals surface area contributed by atoms with Crippen LogP contribution < -0.4 is 4.90 Å². The average Bonchev–Trinajstić information content (AvgIpc) is 2.95. The summed E-state index contributed by atoms with van der Waals surface area (Å²) in [5.74, 6) is 0.761. The summed E-state index contributed by atoms with van der Waals surface area (Å²) >= 11 is 0. The fraction of sp³-hybridized carbons (Fsp3) is 0.583. The third-order valence-electron chi connectivity index (χ3n) is 3.02. The van der Waals surface area contributed by atoms with Crippen LogP contribution in [0.2, 0.25) is 0 Å². The zero-order valence-corrected chi connectivity index (χ0v) is 10.7. The van der Waals surface area contributed by atoms with Crippen molar-refractivity contribution < 1.29 is 14.1 Å². The third-order valence-corrected chi connectivity index (χ3v) is 3.02. The number of carbonyl (C=O) groups excluding carboxylic acids is 2. The molecule has 6 nitrogen and oxygen atoms in total. The number of carbonyl (C=O) groups is 2. The quantitative estimate of drug-likeness (QED) is 0.802. The van der Waals surface area contributed by atoms with Crippen molar-refractivity contribution in [3.05, 3.63) is 11.8 Å². The van der Waals surface area contributed by atoms with Gasteiger partial charge >= 0.3 is 0 Å². The van der Waals surface area contributed by atoms with Crippen LogP contribution in [0.4, 0.5) is 5.82 Å². The Kier molecular flexibility index (Phi) is 3.64. The van der Waals surface area contributed by atoms with E-state index in [1.807, 2.05) is 0 Å². The molecule has 2 amide bonds. The van der Waals surface area contributed by atoms with Crippen molar-refractivity contribution in [3.8, 4) is 0 Å². The first kappa shape index (κ1) is 12.6. The molecule has 0 aromatic carbocycles. The maximum absolute atomic E-state index is 12.0. The van der Waals surface area contributed by atoms with E-state index in [0.29, 0.717) is 11.6 Å². The molecule has 1 fully saturated rings. The van der Waals surface area contributed by atoms with Gasteiger partial charge in [0.1, 0.15) is 12.3 Å². The molecule has 0 radical (unpaired) electrons. The topological polar surface area (TPSA) is 66.7 Å². The van der Waals surface area contributed by atoms with Crippen molar-refractivity contribution in [1.29, 1.82) is 0 Å². The van der Waals surface area contributed by atoms with Crippen molar-refractivity contribution in [1.82, 2.24) is 10.1 Å². The minimum atomic E-state index is -0.212. The Balaban J connectivity index is 2.07. The number of amides is 2. The van der Waals surface area contributed by atoms with Gasteiger partial charge < -0.3 is 9.42 Å². The number of hydrogen-bond donors (Lipinski definition) is 0. The van der Waals surface area contributed by atoms with Crippen molar-refractivity contribution >= 4 is 17.6 Å². The second-order valence-corrected chi connectivity index (χ2v) is 4.49. The van der Waals surface area contributed by atoms with E-state index >= 15 is 0 Å². The van der Waals surface area contributed by atoms with E-state index in [0.717, 1.165) is 25.9 Å². The molecule has 0 spiro atoms. The van der Waals surface area contributed by atoms with Crippen molar-refractivity contribution in [2.45, 2.75) is 26.7 Å². The van der Waals surface area contributed by atoms with Crippen LogP contribution in [-0.2, 0) is 9.59 Å². The van der Waals surface area contributed by atoms with Crippen LogP contribution in [0.15, 0.2) is 10.6 Å². The Morgan fingerprint density at radius 1 is 1.44 bits per heavy atom. The molecule has 0 bridgehead atoms. The Morgan fingerprint density at radius 3 is 2.61 bits per heavy atom. The molecular formula is C12H17N3O3. The number of anilines is 1. The first-order valence-electron chi connectivity index (χ1n) is 6.07. The molecule has 0 aliphatic carbocycles. The lowest BCUT2D eigenvalue weighted by molar-refractivity contribution is -0.130. The highest BCUT2D eigenvalue weighted by Crippen LogP contribution is 2.15. The molecule has 1 saturated heterocycles. The van der Waals surface area contributed by atoms with Crippen LogP contribution in [0.5, 0.6) is 0 Å². The van der Waals surface area contributed by atoms with E-state index in [1.54, 1.807) is 17.9 Å². The van der Waals surface area contributed by atoms with Gasteiger partial charge in [-0.05, 0) is 19.8 Å². The van der Waals surface area contributed by atoms with Gasteiger partial charge in [0.25, 0.3) is 0 Å². The van der Waals surface area contributed by atoms with Crippen molar-refractivity contribution in [2.75, 3.05) is 24.5 Å². The molecule has 2 heterocycles. The van der Waals surface area contributed by atoms with Crippen LogP contribution in [0.3, 0.4) is 0 Å². The summed E-state index contributed by atoms with van der Waals surface area (Å²) in [7, 11) is 0. The Labute approximate surface area is 106 Å². The molecule has 1 aliphatic heterocycles. The molecular weight excluding hydrogens is 234 g/mol. The van der Waals surface area contributed by atoms with Crippen LogP contribution in [-0.4, -0.2) is 41.5 Å². The first-order valence-corrected chi connectivity index (χ1v) is 6.07. The zero-order valence-electron chi connectivity index (χ0n) is 10.7. The maximum atomic E-state index is 12.0. The molecule has 1 aromatic heterocycles. The number of rotatable bonds is 3. The highest BCUT2D eigenvalue weighted by molar-refractivity contribution is 5.96. The zero-order chi connectivity index (χ0) is 13.1. The summed E-state index contributed by atoms with van der Waals surface area (Å²) in [5.41, 5.74) is 0. The molecule has 18 heavy (non-hydrogen) atoms. The minimum Gasteiger partial charge on any atom is -0.360 e. The third kappa shape index (κ3) is 2.69. The molecule has 1 aliphatic rings. The van der Waals surface area contributed by atoms with E-state index in [4.69, 9.17) is 4.52 Å². The van der Waals surface area contributed by atoms with Crippen LogP contribution in [0.25, 0.3) is 0 Å². The number of aryl methyl sites for hydroxylation is 1. The number of hydrogen-bond acceptors (Lipinski definition) is 4. The first-order chi connectivity index (χ1) is 8.58. The summed E-state index contributed by atoms with van der Waals surface area (Å²) in [6.07, 6.45) is 2.07. The lowest BCUT2D eigenvalue weighted by Crippen LogP contribution is -2.41. The Bertz CT molecular complexity index is 449. The number of nitrogens with zero attached hydrogens (tertiary/aromatic N) is 3. The van der Waals surface area contributed by atoms with E-state index in [1.165, 1.54) is 11.8 Å². The molecule has 2 rings (SSSR count). The normalized spacial score (nSPS) is 14.9. The molecule has 0 saturated carbocycles. The van der Waals surface area contributed by atoms with Gasteiger partial charge in [0.05, 0.1) is 0 Å². The second-order valence-electron chi connectivity index (χ2n) is 4.49. The summed E-state index contributed by atoms with van der Waals surface area (Å²) in [4.78, 5) is 26.7. The Morgan fingerprint density at radius 2 is 2.11 bits per heavy atom. The van der Waals surface area contributed by atoms with Gasteiger partial charge in [-0.15, -0.1) is 0 Å². The smallest absolute Gasteiger partial charge is 0.242 e. The minimum absolute atomic E-state index is 0.0291. The van der Waals surface area contributed by atoms with Crippen LogP contribution >= 0.6 is 0 Å². The van der Waals surface area contributed by atoms with Gasteiger partial charge in [-0.25, -0.2) is 0 Å². The lowest BCUT2D eigenvalue weighted by Gasteiger charge is -2.21. The fourth-order valence-electron chi connectivity index (χ4n) is 2.04. The standard InChI is InChI=1S/C12H17N3O3/c1-9-7-11(13-18-9)15(10(2)16)8-12(17)14-5-3-4-6-14/h7H,3-6,8H2,1-2H3. The van der Waals surface area contributed by atoms with Gasteiger partial charge in [0.2, 0.25) is 11.8 Å². The lowest BCUT2D eigenvalue weighted by atomic mass is 10.4. The van der Waals surface area contributed by atoms with Gasteiger partial charge in [-0.2, -0.15) is 0 Å². The number of aromatic nitrogens is 1. The summed E-state index contributed by atoms with van der Waals surface area (Å²) in [5, 5.41) is 3.78. The molecule has 98 valence electrons. The Hall–Kier alpha value is -1.85. The predicted molar refractivity (Wildman–Crippen MR) is 65.1 cm³/mol. The summed E-state index contributed by atoms with van der Waals surface area (Å²) in [6.45, 7) is 4.75. The van der Waals surface area contributed by atoms with E-state index in [2.05, 4.69) is 5.16 Å². The average molecular weight is 251 g/mol. The predicted octanol–water partition coefficient (Wildman–Crippen LogP) is 0.958. The molecule has 0 unspecified atom stereocenters. The summed E-state index contributed by atoms with van der Waals surface area (Å²) in [6, 6.07) is 1.65. The van der Waals surface area contributed by atoms with Gasteiger partial charge in [0, 0.05) is 26.1 Å². The van der Waals surface area contributed by atoms with Gasteiger partial charge in [-0.1, -0.05) is 5.16 Å². The van der Waals surface area contributed by atoms with E-state index in [9.17, 15) is 9.59 Å². The molecule has 6 heteroatoms. The van der Waals surface area contributed by atoms with Crippen LogP contribution in [0.1, 0.15) is 25.5 Å².